The number of carbonyl (C=O) groups excluding carboxylic acids is 1. The number of ether oxygens (including phenoxy) is 1. The number of hydrogen-bond acceptors (Lipinski definition) is 2. The zero-order valence-electron chi connectivity index (χ0n) is 24.3. The summed E-state index contributed by atoms with van der Waals surface area (Å²) in [4.78, 5) is 12.7. The first-order chi connectivity index (χ1) is 16.6. The first kappa shape index (κ1) is 27.3. The highest BCUT2D eigenvalue weighted by Gasteiger charge is 2.59. The van der Waals surface area contributed by atoms with E-state index in [4.69, 9.17) is 4.74 Å². The van der Waals surface area contributed by atoms with Crippen LogP contribution >= 0.6 is 0 Å². The van der Waals surface area contributed by atoms with Crippen LogP contribution in [0.2, 0.25) is 0 Å². The topological polar surface area (TPSA) is 26.3 Å². The zero-order chi connectivity index (χ0) is 25.4. The van der Waals surface area contributed by atoms with E-state index in [-0.39, 0.29) is 17.5 Å². The molecule has 8 atom stereocenters. The van der Waals surface area contributed by atoms with E-state index < -0.39 is 0 Å². The minimum absolute atomic E-state index is 0.00265. The lowest BCUT2D eigenvalue weighted by molar-refractivity contribution is -0.162. The smallest absolute Gasteiger partial charge is 0.311 e. The lowest BCUT2D eigenvalue weighted by Gasteiger charge is -2.58. The molecule has 0 saturated heterocycles. The molecular weight excluding hydrogens is 428 g/mol. The van der Waals surface area contributed by atoms with Crippen molar-refractivity contribution in [3.63, 3.8) is 0 Å². The summed E-state index contributed by atoms with van der Waals surface area (Å²) in [5.41, 5.74) is 2.15. The molecule has 3 fully saturated rings. The number of allylic oxidation sites excluding steroid dienone is 1. The maximum absolute atomic E-state index is 12.7. The predicted molar refractivity (Wildman–Crippen MR) is 147 cm³/mol. The van der Waals surface area contributed by atoms with Gasteiger partial charge >= 0.3 is 5.97 Å². The van der Waals surface area contributed by atoms with Crippen LogP contribution in [0.3, 0.4) is 0 Å². The molecule has 0 aliphatic heterocycles. The monoisotopic (exact) mass is 484 g/mol. The molecule has 0 aromatic heterocycles. The number of hydrogen-bond donors (Lipinski definition) is 0. The van der Waals surface area contributed by atoms with E-state index in [2.05, 4.69) is 40.7 Å². The molecule has 4 aliphatic carbocycles. The summed E-state index contributed by atoms with van der Waals surface area (Å²) in [7, 11) is 0. The van der Waals surface area contributed by atoms with Gasteiger partial charge in [-0.15, -0.1) is 0 Å². The van der Waals surface area contributed by atoms with Crippen LogP contribution in [0.5, 0.6) is 0 Å². The fourth-order valence-electron chi connectivity index (χ4n) is 9.25. The third kappa shape index (κ3) is 5.03. The summed E-state index contributed by atoms with van der Waals surface area (Å²) in [6.07, 6.45) is 20.9. The second-order valence-corrected chi connectivity index (χ2v) is 14.3. The molecule has 3 saturated carbocycles. The van der Waals surface area contributed by atoms with E-state index in [1.807, 2.05) is 13.8 Å². The van der Waals surface area contributed by atoms with Crippen LogP contribution in [0.15, 0.2) is 11.6 Å². The van der Waals surface area contributed by atoms with Gasteiger partial charge in [0.25, 0.3) is 0 Å². The van der Waals surface area contributed by atoms with Crippen molar-refractivity contribution in [1.29, 1.82) is 0 Å². The van der Waals surface area contributed by atoms with Gasteiger partial charge in [-0.1, -0.05) is 78.4 Å². The van der Waals surface area contributed by atoms with E-state index in [1.165, 1.54) is 70.6 Å². The van der Waals surface area contributed by atoms with Crippen molar-refractivity contribution in [2.45, 2.75) is 144 Å². The van der Waals surface area contributed by atoms with Crippen molar-refractivity contribution in [2.75, 3.05) is 0 Å². The van der Waals surface area contributed by atoms with E-state index in [0.29, 0.717) is 10.8 Å². The molecule has 0 N–H and O–H groups in total. The van der Waals surface area contributed by atoms with Crippen LogP contribution in [0.1, 0.15) is 138 Å². The molecule has 2 nitrogen and oxygen atoms in total. The Morgan fingerprint density at radius 1 is 1.06 bits per heavy atom. The molecule has 35 heavy (non-hydrogen) atoms. The molecule has 0 aromatic rings. The molecule has 200 valence electrons. The fourth-order valence-corrected chi connectivity index (χ4v) is 9.25. The molecule has 0 amide bonds. The standard InChI is InChI=1S/C33H56O2/c1-8-10-11-12-13-23(3)27-16-17-28-26-15-14-24-22-25(35-30(34)31(4,5)9-2)18-20-32(24,6)29(26)19-21-33(27,28)7/h14,23,25-29H,8-13,15-22H2,1-7H3/t23?,25-,26?,27?,28?,29?,32?,33?/m1/s1. The van der Waals surface area contributed by atoms with E-state index >= 15 is 0 Å². The van der Waals surface area contributed by atoms with Crippen LogP contribution in [0, 0.1) is 45.8 Å². The van der Waals surface area contributed by atoms with Crippen molar-refractivity contribution in [2.24, 2.45) is 45.8 Å². The Balaban J connectivity index is 1.43. The largest absolute Gasteiger partial charge is 0.462 e. The van der Waals surface area contributed by atoms with Gasteiger partial charge in [0, 0.05) is 6.42 Å². The predicted octanol–water partition coefficient (Wildman–Crippen LogP) is 9.52. The minimum Gasteiger partial charge on any atom is -0.462 e. The van der Waals surface area contributed by atoms with Crippen LogP contribution in [-0.2, 0) is 9.53 Å². The highest BCUT2D eigenvalue weighted by Crippen LogP contribution is 2.67. The summed E-state index contributed by atoms with van der Waals surface area (Å²) in [5, 5.41) is 0. The van der Waals surface area contributed by atoms with Crippen molar-refractivity contribution in [3.05, 3.63) is 11.6 Å². The summed E-state index contributed by atoms with van der Waals surface area (Å²) >= 11 is 0. The second kappa shape index (κ2) is 10.5. The van der Waals surface area contributed by atoms with Crippen molar-refractivity contribution >= 4 is 5.97 Å². The Morgan fingerprint density at radius 3 is 2.54 bits per heavy atom. The molecule has 4 aliphatic rings. The van der Waals surface area contributed by atoms with Crippen molar-refractivity contribution in [1.82, 2.24) is 0 Å². The minimum atomic E-state index is -0.368. The Bertz CT molecular complexity index is 780. The maximum atomic E-state index is 12.7. The van der Waals surface area contributed by atoms with Crippen LogP contribution in [0.4, 0.5) is 0 Å². The van der Waals surface area contributed by atoms with Gasteiger partial charge in [0.1, 0.15) is 6.10 Å². The summed E-state index contributed by atoms with van der Waals surface area (Å²) in [6, 6.07) is 0. The SMILES string of the molecule is CCCCCCC(C)C1CCC2C3CC=C4C[C@H](OC(=O)C(C)(C)CC)CCC4(C)C3CCC12C. The molecular formula is C33H56O2. The molecule has 2 heteroatoms. The molecule has 0 heterocycles. The average molecular weight is 485 g/mol. The number of esters is 1. The summed E-state index contributed by atoms with van der Waals surface area (Å²) < 4.78 is 6.07. The molecule has 0 spiro atoms. The number of fused-ring (bicyclic) bond motifs is 5. The van der Waals surface area contributed by atoms with Gasteiger partial charge < -0.3 is 4.74 Å². The maximum Gasteiger partial charge on any atom is 0.311 e. The Kier molecular flexibility index (Phi) is 8.20. The number of carbonyl (C=O) groups is 1. The lowest BCUT2D eigenvalue weighted by Crippen LogP contribution is -2.51. The van der Waals surface area contributed by atoms with Gasteiger partial charge in [-0.3, -0.25) is 4.79 Å². The molecule has 0 aromatic carbocycles. The van der Waals surface area contributed by atoms with Crippen LogP contribution < -0.4 is 0 Å². The first-order valence-corrected chi connectivity index (χ1v) is 15.5. The van der Waals surface area contributed by atoms with Gasteiger partial charge in [-0.2, -0.15) is 0 Å². The van der Waals surface area contributed by atoms with E-state index in [9.17, 15) is 4.79 Å². The van der Waals surface area contributed by atoms with Crippen LogP contribution in [-0.4, -0.2) is 12.1 Å². The molecule has 0 bridgehead atoms. The average Bonchev–Trinajstić information content (AvgIpc) is 3.19. The third-order valence-electron chi connectivity index (χ3n) is 12.0. The summed E-state index contributed by atoms with van der Waals surface area (Å²) in [5.74, 6) is 4.45. The van der Waals surface area contributed by atoms with E-state index in [0.717, 1.165) is 48.9 Å². The third-order valence-corrected chi connectivity index (χ3v) is 12.0. The fraction of sp³-hybridized carbons (Fsp3) is 0.909. The second-order valence-electron chi connectivity index (χ2n) is 14.3. The molecule has 7 unspecified atom stereocenters. The quantitative estimate of drug-likeness (QED) is 0.185. The molecule has 4 rings (SSSR count). The number of unbranched alkanes of at least 4 members (excludes halogenated alkanes) is 3. The number of rotatable bonds is 9. The zero-order valence-corrected chi connectivity index (χ0v) is 24.3. The van der Waals surface area contributed by atoms with Gasteiger partial charge in [0.2, 0.25) is 0 Å². The first-order valence-electron chi connectivity index (χ1n) is 15.5. The van der Waals surface area contributed by atoms with Gasteiger partial charge in [0.15, 0.2) is 0 Å². The van der Waals surface area contributed by atoms with Crippen molar-refractivity contribution in [3.8, 4) is 0 Å². The highest BCUT2D eigenvalue weighted by atomic mass is 16.5. The van der Waals surface area contributed by atoms with Gasteiger partial charge in [0.05, 0.1) is 5.41 Å². The van der Waals surface area contributed by atoms with Gasteiger partial charge in [-0.25, -0.2) is 0 Å². The van der Waals surface area contributed by atoms with E-state index in [1.54, 1.807) is 5.57 Å². The Morgan fingerprint density at radius 2 is 1.83 bits per heavy atom. The lowest BCUT2D eigenvalue weighted by atomic mass is 9.47. The summed E-state index contributed by atoms with van der Waals surface area (Å²) in [6.45, 7) is 16.3. The normalized spacial score (nSPS) is 39.7. The molecule has 0 radical (unpaired) electrons. The Labute approximate surface area is 217 Å². The van der Waals surface area contributed by atoms with Gasteiger partial charge in [-0.05, 0) is 106 Å². The van der Waals surface area contributed by atoms with Crippen molar-refractivity contribution < 1.29 is 9.53 Å². The van der Waals surface area contributed by atoms with Crippen LogP contribution in [0.25, 0.3) is 0 Å². The highest BCUT2D eigenvalue weighted by molar-refractivity contribution is 5.76. The Hall–Kier alpha value is -0.790.